The summed E-state index contributed by atoms with van der Waals surface area (Å²) >= 11 is 0. The van der Waals surface area contributed by atoms with Crippen molar-refractivity contribution in [2.75, 3.05) is 4.90 Å². The van der Waals surface area contributed by atoms with Gasteiger partial charge in [0, 0.05) is 39.2 Å². The summed E-state index contributed by atoms with van der Waals surface area (Å²) in [6, 6.07) is 82.4. The minimum atomic E-state index is 0.423. The minimum absolute atomic E-state index is 0.423. The van der Waals surface area contributed by atoms with Gasteiger partial charge in [-0.1, -0.05) is 201 Å². The molecule has 2 heteroatoms. The second-order valence-corrected chi connectivity index (χ2v) is 17.3. The highest BCUT2D eigenvalue weighted by atomic mass is 15.1. The zero-order valence-electron chi connectivity index (χ0n) is 36.3. The molecule has 0 spiro atoms. The monoisotopic (exact) mass is 830 g/mol. The number of benzene rings is 10. The van der Waals surface area contributed by atoms with Crippen LogP contribution in [-0.4, -0.2) is 4.57 Å². The molecule has 0 amide bonds. The minimum Gasteiger partial charge on any atom is -0.313 e. The van der Waals surface area contributed by atoms with Crippen molar-refractivity contribution in [3.63, 3.8) is 0 Å². The van der Waals surface area contributed by atoms with Crippen molar-refractivity contribution >= 4 is 66.1 Å². The number of nitrogens with zero attached hydrogens (tertiary/aromatic N) is 2. The Morgan fingerprint density at radius 2 is 1.00 bits per heavy atom. The van der Waals surface area contributed by atoms with Crippen molar-refractivity contribution < 1.29 is 0 Å². The maximum atomic E-state index is 2.49. The molecule has 1 aliphatic rings. The molecule has 308 valence electrons. The summed E-state index contributed by atoms with van der Waals surface area (Å²) in [4.78, 5) is 2.47. The predicted molar refractivity (Wildman–Crippen MR) is 278 cm³/mol. The second-order valence-electron chi connectivity index (χ2n) is 17.3. The zero-order valence-corrected chi connectivity index (χ0v) is 36.3. The molecule has 1 heterocycles. The average molecular weight is 831 g/mol. The SMILES string of the molecule is CC1CC=CC=C1n1c2ccccc2c2cc(-c3ccccc3N(c3ccc(-c4cccc5c4ccc4ccccc45)cc3)c3ccccc3-c3ccccc3-c3ccccc3)ccc21. The van der Waals surface area contributed by atoms with E-state index < -0.39 is 0 Å². The van der Waals surface area contributed by atoms with Gasteiger partial charge in [0.25, 0.3) is 0 Å². The summed E-state index contributed by atoms with van der Waals surface area (Å²) in [6.07, 6.45) is 7.82. The maximum Gasteiger partial charge on any atom is 0.0540 e. The van der Waals surface area contributed by atoms with Crippen LogP contribution < -0.4 is 4.90 Å². The molecule has 11 aromatic rings. The van der Waals surface area contributed by atoms with Crippen LogP contribution in [0.15, 0.2) is 243 Å². The number of allylic oxidation sites excluding steroid dienone is 4. The molecule has 2 nitrogen and oxygen atoms in total. The third kappa shape index (κ3) is 6.65. The first-order valence-corrected chi connectivity index (χ1v) is 22.7. The van der Waals surface area contributed by atoms with Crippen LogP contribution in [0.25, 0.3) is 93.6 Å². The fourth-order valence-electron chi connectivity index (χ4n) is 10.3. The standard InChI is InChI=1S/C63H46N2/c1-43-18-5-13-30-59(43)65-62-33-16-12-27-57(62)58-42-47(37-41-63(58)65)52-24-10-14-31-60(52)64(61-32-15-11-26-56(61)54-25-9-8-23-49(54)44-19-3-2-4-20-44)48-38-34-46(35-39-48)51-28-17-29-53-50-22-7-6-21-45(50)36-40-55(51)53/h2-17,19-43H,18H2,1H3. The lowest BCUT2D eigenvalue weighted by molar-refractivity contribution is 0.725. The molecule has 1 unspecified atom stereocenters. The summed E-state index contributed by atoms with van der Waals surface area (Å²) in [5, 5.41) is 7.58. The van der Waals surface area contributed by atoms with Crippen molar-refractivity contribution in [2.45, 2.75) is 13.3 Å². The number of rotatable bonds is 8. The van der Waals surface area contributed by atoms with E-state index in [2.05, 4.69) is 259 Å². The second kappa shape index (κ2) is 16.2. The fraction of sp³-hybridized carbons (Fsp3) is 0.0476. The van der Waals surface area contributed by atoms with E-state index >= 15 is 0 Å². The van der Waals surface area contributed by atoms with Gasteiger partial charge in [0.1, 0.15) is 0 Å². The van der Waals surface area contributed by atoms with Gasteiger partial charge < -0.3 is 9.47 Å². The van der Waals surface area contributed by atoms with Crippen LogP contribution in [0.5, 0.6) is 0 Å². The van der Waals surface area contributed by atoms with Crippen LogP contribution in [0.3, 0.4) is 0 Å². The molecule has 12 rings (SSSR count). The van der Waals surface area contributed by atoms with Gasteiger partial charge in [-0.2, -0.15) is 0 Å². The molecule has 0 aliphatic heterocycles. The van der Waals surface area contributed by atoms with Gasteiger partial charge >= 0.3 is 0 Å². The molecule has 0 bridgehead atoms. The van der Waals surface area contributed by atoms with E-state index in [9.17, 15) is 0 Å². The Morgan fingerprint density at radius 1 is 0.400 bits per heavy atom. The normalized spacial score (nSPS) is 13.7. The van der Waals surface area contributed by atoms with Crippen molar-refractivity contribution in [1.82, 2.24) is 4.57 Å². The first-order chi connectivity index (χ1) is 32.2. The van der Waals surface area contributed by atoms with Gasteiger partial charge in [-0.05, 0) is 110 Å². The van der Waals surface area contributed by atoms with Gasteiger partial charge in [0.05, 0.1) is 22.4 Å². The lowest BCUT2D eigenvalue weighted by Crippen LogP contribution is -2.12. The Balaban J connectivity index is 1.06. The third-order valence-electron chi connectivity index (χ3n) is 13.5. The molecule has 0 N–H and O–H groups in total. The van der Waals surface area contributed by atoms with Crippen molar-refractivity contribution in [3.8, 4) is 44.5 Å². The number of aromatic nitrogens is 1. The van der Waals surface area contributed by atoms with Crippen LogP contribution in [0.2, 0.25) is 0 Å². The zero-order chi connectivity index (χ0) is 43.3. The fourth-order valence-corrected chi connectivity index (χ4v) is 10.3. The number of para-hydroxylation sites is 3. The molecule has 0 saturated carbocycles. The molecule has 0 saturated heterocycles. The molecular formula is C63H46N2. The van der Waals surface area contributed by atoms with Gasteiger partial charge in [0.15, 0.2) is 0 Å². The van der Waals surface area contributed by atoms with E-state index in [0.717, 1.165) is 34.6 Å². The van der Waals surface area contributed by atoms with Crippen molar-refractivity contribution in [1.29, 1.82) is 0 Å². The average Bonchev–Trinajstić information content (AvgIpc) is 3.70. The summed E-state index contributed by atoms with van der Waals surface area (Å²) < 4.78 is 2.49. The van der Waals surface area contributed by atoms with Gasteiger partial charge in [-0.25, -0.2) is 0 Å². The maximum absolute atomic E-state index is 2.49. The topological polar surface area (TPSA) is 8.17 Å². The van der Waals surface area contributed by atoms with Crippen LogP contribution >= 0.6 is 0 Å². The highest BCUT2D eigenvalue weighted by Gasteiger charge is 2.24. The number of hydrogen-bond acceptors (Lipinski definition) is 1. The summed E-state index contributed by atoms with van der Waals surface area (Å²) in [5.74, 6) is 0.423. The van der Waals surface area contributed by atoms with Crippen molar-refractivity contribution in [3.05, 3.63) is 243 Å². The van der Waals surface area contributed by atoms with E-state index in [-0.39, 0.29) is 0 Å². The molecule has 10 aromatic carbocycles. The molecule has 1 aromatic heterocycles. The summed E-state index contributed by atoms with van der Waals surface area (Å²) in [6.45, 7) is 2.33. The summed E-state index contributed by atoms with van der Waals surface area (Å²) in [5.41, 5.74) is 16.6. The molecule has 0 radical (unpaired) electrons. The Hall–Kier alpha value is -8.20. The lowest BCUT2D eigenvalue weighted by Gasteiger charge is -2.30. The Kier molecular flexibility index (Phi) is 9.57. The highest BCUT2D eigenvalue weighted by Crippen LogP contribution is 2.48. The quantitative estimate of drug-likeness (QED) is 0.139. The number of anilines is 3. The van der Waals surface area contributed by atoms with Crippen LogP contribution in [-0.2, 0) is 0 Å². The lowest BCUT2D eigenvalue weighted by atomic mass is 9.92. The van der Waals surface area contributed by atoms with Crippen molar-refractivity contribution in [2.24, 2.45) is 5.92 Å². The molecule has 1 atom stereocenters. The first kappa shape index (κ1) is 38.5. The smallest absolute Gasteiger partial charge is 0.0540 e. The van der Waals surface area contributed by atoms with Gasteiger partial charge in [-0.15, -0.1) is 0 Å². The van der Waals surface area contributed by atoms with Crippen LogP contribution in [0.1, 0.15) is 13.3 Å². The highest BCUT2D eigenvalue weighted by molar-refractivity contribution is 6.13. The van der Waals surface area contributed by atoms with E-state index in [1.165, 1.54) is 82.4 Å². The Bertz CT molecular complexity index is 3640. The van der Waals surface area contributed by atoms with E-state index in [0.29, 0.717) is 5.92 Å². The summed E-state index contributed by atoms with van der Waals surface area (Å²) in [7, 11) is 0. The molecule has 65 heavy (non-hydrogen) atoms. The first-order valence-electron chi connectivity index (χ1n) is 22.7. The van der Waals surface area contributed by atoms with Crippen LogP contribution in [0, 0.1) is 5.92 Å². The predicted octanol–water partition coefficient (Wildman–Crippen LogP) is 17.7. The molecule has 1 aliphatic carbocycles. The third-order valence-corrected chi connectivity index (χ3v) is 13.5. The van der Waals surface area contributed by atoms with E-state index in [4.69, 9.17) is 0 Å². The number of fused-ring (bicyclic) bond motifs is 6. The molecular weight excluding hydrogens is 785 g/mol. The Morgan fingerprint density at radius 3 is 1.82 bits per heavy atom. The largest absolute Gasteiger partial charge is 0.313 e. The Labute approximate surface area is 380 Å². The van der Waals surface area contributed by atoms with Gasteiger partial charge in [0.2, 0.25) is 0 Å². The van der Waals surface area contributed by atoms with E-state index in [1.54, 1.807) is 0 Å². The van der Waals surface area contributed by atoms with Crippen LogP contribution in [0.4, 0.5) is 17.1 Å². The van der Waals surface area contributed by atoms with E-state index in [1.807, 2.05) is 0 Å². The number of hydrogen-bond donors (Lipinski definition) is 0. The van der Waals surface area contributed by atoms with Gasteiger partial charge in [-0.3, -0.25) is 0 Å². The molecule has 0 fully saturated rings.